The van der Waals surface area contributed by atoms with Crippen LogP contribution in [0.5, 0.6) is 0 Å². The van der Waals surface area contributed by atoms with E-state index in [2.05, 4.69) is 4.74 Å². The van der Waals surface area contributed by atoms with Crippen LogP contribution in [0.3, 0.4) is 0 Å². The molecule has 0 aliphatic rings. The third-order valence-corrected chi connectivity index (χ3v) is 2.77. The molecule has 114 valence electrons. The fourth-order valence-corrected chi connectivity index (χ4v) is 1.83. The number of anilines is 2. The molecule has 10 heteroatoms. The summed E-state index contributed by atoms with van der Waals surface area (Å²) in [4.78, 5) is 11.7. The number of hydrogen-bond acceptors (Lipinski definition) is 9. The lowest BCUT2D eigenvalue weighted by molar-refractivity contribution is -0.143. The topological polar surface area (TPSA) is 143 Å². The van der Waals surface area contributed by atoms with Gasteiger partial charge in [0.1, 0.15) is 5.69 Å². The van der Waals surface area contributed by atoms with Crippen molar-refractivity contribution in [2.75, 3.05) is 17.1 Å². The molecule has 0 saturated heterocycles. The van der Waals surface area contributed by atoms with E-state index < -0.39 is 33.7 Å². The number of hydrogen-bond donors (Lipinski definition) is 2. The van der Waals surface area contributed by atoms with E-state index >= 15 is 0 Å². The molecule has 0 amide bonds. The molecular weight excluding hydrogens is 306 g/mol. The van der Waals surface area contributed by atoms with Crippen LogP contribution in [-0.4, -0.2) is 23.0 Å². The second kappa shape index (κ2) is 7.07. The molecule has 0 aliphatic heterocycles. The Kier molecular flexibility index (Phi) is 5.71. The first-order valence-electron chi connectivity index (χ1n) is 5.55. The van der Waals surface area contributed by atoms with Gasteiger partial charge in [-0.1, -0.05) is 11.6 Å². The summed E-state index contributed by atoms with van der Waals surface area (Å²) >= 11 is 5.70. The number of esters is 1. The van der Waals surface area contributed by atoms with Gasteiger partial charge >= 0.3 is 5.97 Å². The molecule has 0 heterocycles. The van der Waals surface area contributed by atoms with Crippen LogP contribution in [0.15, 0.2) is 12.1 Å². The van der Waals surface area contributed by atoms with Crippen LogP contribution in [0.25, 0.3) is 0 Å². The van der Waals surface area contributed by atoms with Gasteiger partial charge in [-0.25, -0.2) is 0 Å². The highest BCUT2D eigenvalue weighted by Crippen LogP contribution is 2.36. The van der Waals surface area contributed by atoms with E-state index in [1.807, 2.05) is 0 Å². The van der Waals surface area contributed by atoms with Crippen LogP contribution in [0.4, 0.5) is 11.4 Å². The number of nitrogens with zero attached hydrogens (tertiary/aromatic N) is 3. The van der Waals surface area contributed by atoms with E-state index in [-0.39, 0.29) is 17.2 Å². The summed E-state index contributed by atoms with van der Waals surface area (Å²) in [6.45, 7) is 1.54. The van der Waals surface area contributed by atoms with Crippen molar-refractivity contribution in [1.29, 1.82) is 5.26 Å². The zero-order valence-corrected chi connectivity index (χ0v) is 11.4. The average molecular weight is 316 g/mol. The van der Waals surface area contributed by atoms with Crippen LogP contribution in [0.2, 0.25) is 5.02 Å². The van der Waals surface area contributed by atoms with E-state index in [1.165, 1.54) is 6.92 Å². The molecular formula is C11H10ClN3O6-2. The molecule has 1 aromatic carbocycles. The lowest BCUT2D eigenvalue weighted by atomic mass is 9.98. The monoisotopic (exact) mass is 315 g/mol. The Morgan fingerprint density at radius 1 is 1.48 bits per heavy atom. The van der Waals surface area contributed by atoms with Crippen molar-refractivity contribution in [1.82, 2.24) is 0 Å². The van der Waals surface area contributed by atoms with E-state index in [1.54, 1.807) is 6.07 Å². The van der Waals surface area contributed by atoms with Gasteiger partial charge in [-0.2, -0.15) is 5.26 Å². The van der Waals surface area contributed by atoms with Crippen molar-refractivity contribution < 1.29 is 19.9 Å². The van der Waals surface area contributed by atoms with E-state index in [0.29, 0.717) is 0 Å². The smallest absolute Gasteiger partial charge is 0.327 e. The van der Waals surface area contributed by atoms with Crippen LogP contribution < -0.4 is 10.5 Å². The predicted octanol–water partition coefficient (Wildman–Crippen LogP) is 1.90. The largest absolute Gasteiger partial charge is 0.769 e. The van der Waals surface area contributed by atoms with Crippen molar-refractivity contribution >= 4 is 28.9 Å². The maximum Gasteiger partial charge on any atom is 0.327 e. The molecule has 0 fully saturated rings. The molecule has 0 spiro atoms. The summed E-state index contributed by atoms with van der Waals surface area (Å²) in [5.41, 5.74) is -1.36. The van der Waals surface area contributed by atoms with Crippen molar-refractivity contribution in [3.05, 3.63) is 33.1 Å². The third-order valence-electron chi connectivity index (χ3n) is 2.47. The quantitative estimate of drug-likeness (QED) is 0.614. The summed E-state index contributed by atoms with van der Waals surface area (Å²) < 4.78 is 4.68. The van der Waals surface area contributed by atoms with Gasteiger partial charge in [-0.05, 0) is 19.1 Å². The zero-order chi connectivity index (χ0) is 16.2. The van der Waals surface area contributed by atoms with Crippen LogP contribution in [-0.2, 0) is 9.53 Å². The number of nitriles is 1. The fourth-order valence-electron chi connectivity index (χ4n) is 1.59. The van der Waals surface area contributed by atoms with Gasteiger partial charge in [0.15, 0.2) is 5.92 Å². The first-order valence-corrected chi connectivity index (χ1v) is 5.93. The van der Waals surface area contributed by atoms with Crippen molar-refractivity contribution in [3.8, 4) is 6.07 Å². The summed E-state index contributed by atoms with van der Waals surface area (Å²) in [6, 6.07) is 3.30. The molecule has 9 nitrogen and oxygen atoms in total. The molecule has 0 aliphatic carbocycles. The van der Waals surface area contributed by atoms with Crippen molar-refractivity contribution in [2.24, 2.45) is 0 Å². The Morgan fingerprint density at radius 2 is 2.10 bits per heavy atom. The molecule has 1 rings (SSSR count). The van der Waals surface area contributed by atoms with Crippen LogP contribution in [0.1, 0.15) is 18.4 Å². The number of benzene rings is 1. The predicted molar refractivity (Wildman–Crippen MR) is 71.7 cm³/mol. The minimum atomic E-state index is -1.51. The van der Waals surface area contributed by atoms with Gasteiger partial charge in [-0.3, -0.25) is 15.2 Å². The maximum absolute atomic E-state index is 11.7. The Hall–Kier alpha value is -2.09. The summed E-state index contributed by atoms with van der Waals surface area (Å²) in [7, 11) is 0. The molecule has 0 radical (unpaired) electrons. The van der Waals surface area contributed by atoms with Gasteiger partial charge in [0.05, 0.1) is 17.7 Å². The first kappa shape index (κ1) is 17.0. The lowest BCUT2D eigenvalue weighted by Gasteiger charge is -2.38. The van der Waals surface area contributed by atoms with Gasteiger partial charge in [0.2, 0.25) is 0 Å². The Bertz CT molecular complexity index is 572. The Balaban J connectivity index is 3.43. The number of ether oxygens (including phenoxy) is 1. The molecule has 1 atom stereocenters. The minimum Gasteiger partial charge on any atom is -0.769 e. The normalized spacial score (nSPS) is 11.5. The van der Waals surface area contributed by atoms with Crippen LogP contribution in [0, 0.1) is 21.7 Å². The van der Waals surface area contributed by atoms with E-state index in [0.717, 1.165) is 12.1 Å². The minimum absolute atomic E-state index is 0.00895. The van der Waals surface area contributed by atoms with Gasteiger partial charge in [0, 0.05) is 11.3 Å². The van der Waals surface area contributed by atoms with E-state index in [9.17, 15) is 15.2 Å². The van der Waals surface area contributed by atoms with Gasteiger partial charge in [0.25, 0.3) is 0 Å². The summed E-state index contributed by atoms with van der Waals surface area (Å²) in [5, 5.41) is 47.2. The highest BCUT2D eigenvalue weighted by Gasteiger charge is 2.27. The average Bonchev–Trinajstić information content (AvgIpc) is 2.39. The fraction of sp³-hybridized carbons (Fsp3) is 0.273. The molecule has 0 aromatic heterocycles. The summed E-state index contributed by atoms with van der Waals surface area (Å²) in [6.07, 6.45) is 0. The standard InChI is InChI=1S/C11H10ClN3O6/c1-2-21-11(16)7(5-13)6-3-8(12)10(15(19)20)4-9(6)14(17)18/h3-4,7,17-18H,2H2,1H3/q-2/t7-/m1/s1. The first-order chi connectivity index (χ1) is 9.83. The molecule has 2 N–H and O–H groups in total. The zero-order valence-electron chi connectivity index (χ0n) is 10.7. The molecule has 21 heavy (non-hydrogen) atoms. The SMILES string of the molecule is CCOC(=O)[C@H](C#N)c1cc(Cl)c(N([O-])[O-])cc1N(O)O. The number of halogens is 1. The van der Waals surface area contributed by atoms with Crippen molar-refractivity contribution in [2.45, 2.75) is 12.8 Å². The van der Waals surface area contributed by atoms with E-state index in [4.69, 9.17) is 27.3 Å². The Labute approximate surface area is 124 Å². The highest BCUT2D eigenvalue weighted by molar-refractivity contribution is 6.33. The third kappa shape index (κ3) is 3.72. The molecule has 0 saturated carbocycles. The molecule has 1 aromatic rings. The summed E-state index contributed by atoms with van der Waals surface area (Å²) in [5.74, 6) is -2.45. The second-order valence-corrected chi connectivity index (χ2v) is 4.13. The highest BCUT2D eigenvalue weighted by atomic mass is 35.5. The molecule has 0 unspecified atom stereocenters. The van der Waals surface area contributed by atoms with Crippen LogP contribution >= 0.6 is 11.6 Å². The van der Waals surface area contributed by atoms with Gasteiger partial charge in [-0.15, -0.1) is 5.23 Å². The number of carbonyl (C=O) groups excluding carboxylic acids is 1. The van der Waals surface area contributed by atoms with Crippen molar-refractivity contribution in [3.63, 3.8) is 0 Å². The lowest BCUT2D eigenvalue weighted by Crippen LogP contribution is -2.20. The molecule has 0 bridgehead atoms. The Morgan fingerprint density at radius 3 is 2.52 bits per heavy atom. The van der Waals surface area contributed by atoms with Gasteiger partial charge < -0.3 is 20.4 Å². The number of rotatable bonds is 5. The second-order valence-electron chi connectivity index (χ2n) is 3.72. The number of carbonyl (C=O) groups is 1. The maximum atomic E-state index is 11.7.